The minimum Gasteiger partial charge on any atom is -0.375 e. The number of carbonyl (C=O) groups excluding carboxylic acids is 1. The maximum atomic E-state index is 11.0. The third kappa shape index (κ3) is 3.42. The molecule has 0 bridgehead atoms. The van der Waals surface area contributed by atoms with E-state index in [0.29, 0.717) is 22.3 Å². The second-order valence-corrected chi connectivity index (χ2v) is 5.05. The molecule has 2 aromatic carbocycles. The van der Waals surface area contributed by atoms with E-state index < -0.39 is 4.92 Å². The van der Waals surface area contributed by atoms with Crippen molar-refractivity contribution in [2.45, 2.75) is 6.54 Å². The van der Waals surface area contributed by atoms with Crippen molar-refractivity contribution in [1.82, 2.24) is 0 Å². The van der Waals surface area contributed by atoms with Gasteiger partial charge >= 0.3 is 0 Å². The van der Waals surface area contributed by atoms with Gasteiger partial charge in [-0.1, -0.05) is 34.1 Å². The molecule has 2 aromatic rings. The molecule has 0 aliphatic rings. The van der Waals surface area contributed by atoms with E-state index in [1.165, 1.54) is 6.07 Å². The molecule has 0 aromatic heterocycles. The molecular weight excluding hydrogens is 324 g/mol. The molecule has 0 amide bonds. The van der Waals surface area contributed by atoms with Crippen molar-refractivity contribution >= 4 is 33.6 Å². The fraction of sp³-hybridized carbons (Fsp3) is 0.0714. The van der Waals surface area contributed by atoms with Gasteiger partial charge in [-0.25, -0.2) is 0 Å². The molecule has 20 heavy (non-hydrogen) atoms. The summed E-state index contributed by atoms with van der Waals surface area (Å²) >= 11 is 3.21. The first-order chi connectivity index (χ1) is 9.60. The number of benzene rings is 2. The van der Waals surface area contributed by atoms with Crippen molar-refractivity contribution in [2.24, 2.45) is 0 Å². The quantitative estimate of drug-likeness (QED) is 0.513. The molecule has 0 aliphatic heterocycles. The number of anilines is 1. The number of nitro groups is 1. The molecule has 0 saturated carbocycles. The Morgan fingerprint density at radius 3 is 2.75 bits per heavy atom. The van der Waals surface area contributed by atoms with Gasteiger partial charge in [0, 0.05) is 22.6 Å². The standard InChI is InChI=1S/C14H11BrN2O3/c15-12-4-5-13(14(7-12)17(19)20)16-8-10-2-1-3-11(6-10)9-18/h1-7,9,16H,8H2. The fourth-order valence-electron chi connectivity index (χ4n) is 1.78. The average molecular weight is 335 g/mol. The third-order valence-corrected chi connectivity index (χ3v) is 3.22. The largest absolute Gasteiger partial charge is 0.375 e. The van der Waals surface area contributed by atoms with Crippen molar-refractivity contribution in [3.05, 3.63) is 68.2 Å². The molecule has 6 heteroatoms. The van der Waals surface area contributed by atoms with Gasteiger partial charge in [-0.05, 0) is 23.8 Å². The van der Waals surface area contributed by atoms with E-state index in [2.05, 4.69) is 21.2 Å². The summed E-state index contributed by atoms with van der Waals surface area (Å²) < 4.78 is 0.651. The van der Waals surface area contributed by atoms with Crippen molar-refractivity contribution < 1.29 is 9.72 Å². The number of nitrogens with one attached hydrogen (secondary N) is 1. The van der Waals surface area contributed by atoms with Gasteiger partial charge in [0.1, 0.15) is 12.0 Å². The SMILES string of the molecule is O=Cc1cccc(CNc2ccc(Br)cc2[N+](=O)[O-])c1. The van der Waals surface area contributed by atoms with Crippen LogP contribution in [0.2, 0.25) is 0 Å². The molecule has 0 radical (unpaired) electrons. The van der Waals surface area contributed by atoms with Crippen LogP contribution in [0, 0.1) is 10.1 Å². The normalized spacial score (nSPS) is 10.1. The van der Waals surface area contributed by atoms with Gasteiger partial charge in [0.25, 0.3) is 5.69 Å². The second-order valence-electron chi connectivity index (χ2n) is 4.14. The van der Waals surface area contributed by atoms with Gasteiger partial charge in [0.2, 0.25) is 0 Å². The van der Waals surface area contributed by atoms with Crippen LogP contribution in [-0.4, -0.2) is 11.2 Å². The molecule has 0 aliphatic carbocycles. The van der Waals surface area contributed by atoms with Gasteiger partial charge in [0.05, 0.1) is 4.92 Å². The van der Waals surface area contributed by atoms with E-state index in [0.717, 1.165) is 11.8 Å². The van der Waals surface area contributed by atoms with Crippen LogP contribution in [0.4, 0.5) is 11.4 Å². The predicted octanol–water partition coefficient (Wildman–Crippen LogP) is 3.78. The number of carbonyl (C=O) groups is 1. The molecule has 0 fully saturated rings. The number of aldehydes is 1. The summed E-state index contributed by atoms with van der Waals surface area (Å²) in [6.07, 6.45) is 0.769. The summed E-state index contributed by atoms with van der Waals surface area (Å²) in [4.78, 5) is 21.2. The van der Waals surface area contributed by atoms with E-state index in [9.17, 15) is 14.9 Å². The Hall–Kier alpha value is -2.21. The minimum atomic E-state index is -0.436. The zero-order chi connectivity index (χ0) is 14.5. The summed E-state index contributed by atoms with van der Waals surface area (Å²) in [5.74, 6) is 0. The maximum Gasteiger partial charge on any atom is 0.293 e. The highest BCUT2D eigenvalue weighted by molar-refractivity contribution is 9.10. The van der Waals surface area contributed by atoms with Crippen LogP contribution in [0.15, 0.2) is 46.9 Å². The van der Waals surface area contributed by atoms with Crippen LogP contribution in [-0.2, 0) is 6.54 Å². The average Bonchev–Trinajstić information content (AvgIpc) is 2.46. The highest BCUT2D eigenvalue weighted by atomic mass is 79.9. The molecule has 1 N–H and O–H groups in total. The zero-order valence-electron chi connectivity index (χ0n) is 10.4. The Balaban J connectivity index is 2.18. The van der Waals surface area contributed by atoms with Crippen molar-refractivity contribution in [3.63, 3.8) is 0 Å². The minimum absolute atomic E-state index is 0.00548. The Labute approximate surface area is 123 Å². The number of rotatable bonds is 5. The van der Waals surface area contributed by atoms with Gasteiger partial charge in [0.15, 0.2) is 0 Å². The summed E-state index contributed by atoms with van der Waals surface area (Å²) in [6.45, 7) is 0.407. The first kappa shape index (κ1) is 14.2. The Morgan fingerprint density at radius 1 is 1.25 bits per heavy atom. The number of halogens is 1. The lowest BCUT2D eigenvalue weighted by atomic mass is 10.1. The van der Waals surface area contributed by atoms with Crippen LogP contribution in [0.25, 0.3) is 0 Å². The number of hydrogen-bond acceptors (Lipinski definition) is 4. The summed E-state index contributed by atoms with van der Waals surface area (Å²) in [6, 6.07) is 11.9. The van der Waals surface area contributed by atoms with Crippen molar-refractivity contribution in [3.8, 4) is 0 Å². The highest BCUT2D eigenvalue weighted by Gasteiger charge is 2.13. The van der Waals surface area contributed by atoms with Crippen LogP contribution in [0.3, 0.4) is 0 Å². The van der Waals surface area contributed by atoms with Crippen LogP contribution >= 0.6 is 15.9 Å². The van der Waals surface area contributed by atoms with Gasteiger partial charge in [-0.3, -0.25) is 14.9 Å². The molecule has 2 rings (SSSR count). The Kier molecular flexibility index (Phi) is 4.47. The summed E-state index contributed by atoms with van der Waals surface area (Å²) in [5.41, 5.74) is 1.90. The number of hydrogen-bond donors (Lipinski definition) is 1. The smallest absolute Gasteiger partial charge is 0.293 e. The highest BCUT2D eigenvalue weighted by Crippen LogP contribution is 2.28. The van der Waals surface area contributed by atoms with Crippen LogP contribution in [0.1, 0.15) is 15.9 Å². The van der Waals surface area contributed by atoms with Crippen LogP contribution in [0.5, 0.6) is 0 Å². The van der Waals surface area contributed by atoms with Gasteiger partial charge in [-0.15, -0.1) is 0 Å². The molecule has 0 unspecified atom stereocenters. The molecule has 0 saturated heterocycles. The molecule has 0 spiro atoms. The lowest BCUT2D eigenvalue weighted by molar-refractivity contribution is -0.384. The van der Waals surface area contributed by atoms with E-state index in [-0.39, 0.29) is 5.69 Å². The lowest BCUT2D eigenvalue weighted by Crippen LogP contribution is -2.03. The molecule has 102 valence electrons. The fourth-order valence-corrected chi connectivity index (χ4v) is 2.13. The second kappa shape index (κ2) is 6.29. The van der Waals surface area contributed by atoms with E-state index >= 15 is 0 Å². The Morgan fingerprint density at radius 2 is 2.05 bits per heavy atom. The zero-order valence-corrected chi connectivity index (χ0v) is 12.0. The molecule has 5 nitrogen and oxygen atoms in total. The lowest BCUT2D eigenvalue weighted by Gasteiger charge is -2.08. The molecule has 0 atom stereocenters. The predicted molar refractivity (Wildman–Crippen MR) is 80.0 cm³/mol. The topological polar surface area (TPSA) is 72.2 Å². The van der Waals surface area contributed by atoms with E-state index in [4.69, 9.17) is 0 Å². The van der Waals surface area contributed by atoms with Gasteiger partial charge in [-0.2, -0.15) is 0 Å². The number of nitro benzene ring substituents is 1. The molecule has 0 heterocycles. The third-order valence-electron chi connectivity index (χ3n) is 2.73. The monoisotopic (exact) mass is 334 g/mol. The maximum absolute atomic E-state index is 11.0. The first-order valence-electron chi connectivity index (χ1n) is 5.82. The van der Waals surface area contributed by atoms with Crippen molar-refractivity contribution in [2.75, 3.05) is 5.32 Å². The molecular formula is C14H11BrN2O3. The summed E-state index contributed by atoms with van der Waals surface area (Å²) in [5, 5.41) is 14.0. The summed E-state index contributed by atoms with van der Waals surface area (Å²) in [7, 11) is 0. The van der Waals surface area contributed by atoms with Crippen molar-refractivity contribution in [1.29, 1.82) is 0 Å². The van der Waals surface area contributed by atoms with Crippen LogP contribution < -0.4 is 5.32 Å². The van der Waals surface area contributed by atoms with Gasteiger partial charge < -0.3 is 5.32 Å². The van der Waals surface area contributed by atoms with E-state index in [1.54, 1.807) is 30.3 Å². The number of nitrogens with zero attached hydrogens (tertiary/aromatic N) is 1. The first-order valence-corrected chi connectivity index (χ1v) is 6.61. The van der Waals surface area contributed by atoms with E-state index in [1.807, 2.05) is 6.07 Å². The Bertz CT molecular complexity index is 659.